The lowest BCUT2D eigenvalue weighted by molar-refractivity contribution is -0.392. The first kappa shape index (κ1) is 16.3. The molecule has 0 aliphatic rings. The Balaban J connectivity index is 2.34. The number of aliphatic hydroxyl groups is 1. The lowest BCUT2D eigenvalue weighted by Gasteiger charge is -2.04. The van der Waals surface area contributed by atoms with Crippen LogP contribution in [0, 0.1) is 20.2 Å². The summed E-state index contributed by atoms with van der Waals surface area (Å²) in [4.78, 5) is 24.6. The Morgan fingerprint density at radius 3 is 2.65 bits per heavy atom. The molecule has 0 spiro atoms. The summed E-state index contributed by atoms with van der Waals surface area (Å²) in [5.41, 5.74) is 0.513. The van der Waals surface area contributed by atoms with Gasteiger partial charge < -0.3 is 15.2 Å². The molecule has 2 aromatic rings. The third-order valence-corrected chi connectivity index (χ3v) is 3.01. The molecule has 2 rings (SSSR count). The Kier molecular flexibility index (Phi) is 4.82. The fourth-order valence-corrected chi connectivity index (χ4v) is 2.02. The summed E-state index contributed by atoms with van der Waals surface area (Å²) in [6.45, 7) is 1.53. The third-order valence-electron chi connectivity index (χ3n) is 3.01. The minimum Gasteiger partial charge on any atom is -0.389 e. The average Bonchev–Trinajstić information content (AvgIpc) is 2.87. The molecule has 1 heterocycles. The van der Waals surface area contributed by atoms with E-state index in [0.29, 0.717) is 5.56 Å². The quantitative estimate of drug-likeness (QED) is 0.643. The molecular formula is C14H14N4O5. The molecule has 0 amide bonds. The molecule has 120 valence electrons. The van der Waals surface area contributed by atoms with Gasteiger partial charge in [0.15, 0.2) is 0 Å². The number of rotatable bonds is 6. The summed E-state index contributed by atoms with van der Waals surface area (Å²) in [6.07, 6.45) is 3.40. The van der Waals surface area contributed by atoms with Gasteiger partial charge in [-0.2, -0.15) is 0 Å². The summed E-state index contributed by atoms with van der Waals surface area (Å²) < 4.78 is 1.28. The van der Waals surface area contributed by atoms with Crippen LogP contribution in [0.1, 0.15) is 18.3 Å². The van der Waals surface area contributed by atoms with Gasteiger partial charge in [0.2, 0.25) is 5.82 Å². The highest BCUT2D eigenvalue weighted by atomic mass is 16.6. The van der Waals surface area contributed by atoms with E-state index in [1.165, 1.54) is 29.7 Å². The van der Waals surface area contributed by atoms with Crippen molar-refractivity contribution < 1.29 is 15.0 Å². The maximum Gasteiger partial charge on any atom is 0.343 e. The van der Waals surface area contributed by atoms with Crippen molar-refractivity contribution in [2.24, 2.45) is 0 Å². The van der Waals surface area contributed by atoms with Crippen molar-refractivity contribution in [2.45, 2.75) is 19.6 Å². The molecule has 0 aliphatic carbocycles. The minimum atomic E-state index is -0.784. The lowest BCUT2D eigenvalue weighted by atomic mass is 10.2. The van der Waals surface area contributed by atoms with E-state index in [1.807, 2.05) is 0 Å². The molecule has 9 heteroatoms. The van der Waals surface area contributed by atoms with Crippen molar-refractivity contribution in [1.82, 2.24) is 9.55 Å². The molecule has 0 fully saturated rings. The SMILES string of the molecule is CC(O)Cn1c([N+](=O)[O-])cnc1/C=C/c1cccc([N+](=O)[O-])c1. The molecule has 0 bridgehead atoms. The van der Waals surface area contributed by atoms with Gasteiger partial charge in [-0.3, -0.25) is 10.1 Å². The van der Waals surface area contributed by atoms with Crippen LogP contribution in [0.2, 0.25) is 0 Å². The van der Waals surface area contributed by atoms with Crippen LogP contribution in [0.3, 0.4) is 0 Å². The van der Waals surface area contributed by atoms with Gasteiger partial charge >= 0.3 is 5.82 Å². The van der Waals surface area contributed by atoms with Crippen LogP contribution in [0.25, 0.3) is 12.2 Å². The van der Waals surface area contributed by atoms with Crippen LogP contribution >= 0.6 is 0 Å². The highest BCUT2D eigenvalue weighted by Crippen LogP contribution is 2.19. The summed E-state index contributed by atoms with van der Waals surface area (Å²) in [5, 5.41) is 31.2. The molecule has 0 radical (unpaired) electrons. The number of nitro groups is 2. The number of aliphatic hydroxyl groups excluding tert-OH is 1. The number of aromatic nitrogens is 2. The van der Waals surface area contributed by atoms with Gasteiger partial charge in [-0.25, -0.2) is 9.55 Å². The largest absolute Gasteiger partial charge is 0.389 e. The van der Waals surface area contributed by atoms with Crippen molar-refractivity contribution in [1.29, 1.82) is 0 Å². The van der Waals surface area contributed by atoms with Gasteiger partial charge in [0, 0.05) is 18.2 Å². The standard InChI is InChI=1S/C14H14N4O5/c1-10(19)9-16-13(15-8-14(16)18(22)23)6-5-11-3-2-4-12(7-11)17(20)21/h2-8,10,19H,9H2,1H3/b6-5+. The summed E-state index contributed by atoms with van der Waals surface area (Å²) in [7, 11) is 0. The minimum absolute atomic E-state index is 0.0188. The summed E-state index contributed by atoms with van der Waals surface area (Å²) in [6, 6.07) is 5.96. The molecule has 0 aliphatic heterocycles. The molecule has 1 N–H and O–H groups in total. The first-order valence-electron chi connectivity index (χ1n) is 6.69. The van der Waals surface area contributed by atoms with Gasteiger partial charge in [-0.1, -0.05) is 12.1 Å². The van der Waals surface area contributed by atoms with Crippen LogP contribution < -0.4 is 0 Å². The van der Waals surface area contributed by atoms with Crippen molar-refractivity contribution in [3.63, 3.8) is 0 Å². The van der Waals surface area contributed by atoms with E-state index < -0.39 is 16.0 Å². The lowest BCUT2D eigenvalue weighted by Crippen LogP contribution is -2.14. The van der Waals surface area contributed by atoms with Gasteiger partial charge in [0.1, 0.15) is 12.7 Å². The Bertz CT molecular complexity index is 766. The Morgan fingerprint density at radius 1 is 1.30 bits per heavy atom. The van der Waals surface area contributed by atoms with E-state index in [1.54, 1.807) is 18.2 Å². The van der Waals surface area contributed by atoms with E-state index in [2.05, 4.69) is 4.98 Å². The number of hydrogen-bond donors (Lipinski definition) is 1. The van der Waals surface area contributed by atoms with Crippen LogP contribution in [0.15, 0.2) is 30.5 Å². The smallest absolute Gasteiger partial charge is 0.343 e. The van der Waals surface area contributed by atoms with Gasteiger partial charge in [-0.15, -0.1) is 0 Å². The van der Waals surface area contributed by atoms with E-state index in [9.17, 15) is 25.3 Å². The maximum atomic E-state index is 11.0. The second-order valence-corrected chi connectivity index (χ2v) is 4.88. The molecule has 1 aromatic carbocycles. The normalized spacial score (nSPS) is 12.4. The van der Waals surface area contributed by atoms with Crippen LogP contribution in [0.5, 0.6) is 0 Å². The van der Waals surface area contributed by atoms with Crippen LogP contribution in [0.4, 0.5) is 11.5 Å². The number of hydrogen-bond acceptors (Lipinski definition) is 6. The molecular weight excluding hydrogens is 304 g/mol. The maximum absolute atomic E-state index is 11.0. The fraction of sp³-hybridized carbons (Fsp3) is 0.214. The average molecular weight is 318 g/mol. The van der Waals surface area contributed by atoms with Crippen molar-refractivity contribution in [3.05, 3.63) is 62.1 Å². The first-order chi connectivity index (χ1) is 10.9. The number of benzene rings is 1. The van der Waals surface area contributed by atoms with Gasteiger partial charge in [-0.05, 0) is 23.5 Å². The highest BCUT2D eigenvalue weighted by Gasteiger charge is 2.19. The Labute approximate surface area is 130 Å². The third kappa shape index (κ3) is 3.98. The number of nitro benzene ring substituents is 1. The molecule has 9 nitrogen and oxygen atoms in total. The van der Waals surface area contributed by atoms with E-state index in [-0.39, 0.29) is 23.9 Å². The molecule has 1 aromatic heterocycles. The van der Waals surface area contributed by atoms with E-state index >= 15 is 0 Å². The van der Waals surface area contributed by atoms with Crippen LogP contribution in [-0.4, -0.2) is 30.6 Å². The molecule has 1 atom stereocenters. The Morgan fingerprint density at radius 2 is 2.04 bits per heavy atom. The van der Waals surface area contributed by atoms with E-state index in [0.717, 1.165) is 6.20 Å². The predicted molar refractivity (Wildman–Crippen MR) is 82.6 cm³/mol. The zero-order valence-electron chi connectivity index (χ0n) is 12.2. The van der Waals surface area contributed by atoms with Gasteiger partial charge in [0.05, 0.1) is 11.0 Å². The summed E-state index contributed by atoms with van der Waals surface area (Å²) >= 11 is 0. The van der Waals surface area contributed by atoms with Crippen molar-refractivity contribution in [2.75, 3.05) is 0 Å². The second-order valence-electron chi connectivity index (χ2n) is 4.88. The first-order valence-corrected chi connectivity index (χ1v) is 6.69. The second kappa shape index (κ2) is 6.79. The topological polar surface area (TPSA) is 124 Å². The number of non-ortho nitro benzene ring substituents is 1. The predicted octanol–water partition coefficient (Wildman–Crippen LogP) is 2.25. The summed E-state index contributed by atoms with van der Waals surface area (Å²) in [5.74, 6) is 0.0497. The molecule has 0 saturated heterocycles. The number of nitrogens with zero attached hydrogens (tertiary/aromatic N) is 4. The monoisotopic (exact) mass is 318 g/mol. The molecule has 0 saturated carbocycles. The molecule has 23 heavy (non-hydrogen) atoms. The fourth-order valence-electron chi connectivity index (χ4n) is 2.02. The zero-order chi connectivity index (χ0) is 17.0. The van der Waals surface area contributed by atoms with Crippen molar-refractivity contribution in [3.8, 4) is 0 Å². The molecule has 1 unspecified atom stereocenters. The van der Waals surface area contributed by atoms with Crippen molar-refractivity contribution >= 4 is 23.7 Å². The van der Waals surface area contributed by atoms with E-state index in [4.69, 9.17) is 0 Å². The zero-order valence-corrected chi connectivity index (χ0v) is 12.2. The van der Waals surface area contributed by atoms with Crippen LogP contribution in [-0.2, 0) is 6.54 Å². The highest BCUT2D eigenvalue weighted by molar-refractivity contribution is 5.68. The Hall–Kier alpha value is -3.07. The number of imidazole rings is 1. The van der Waals surface area contributed by atoms with Gasteiger partial charge in [0.25, 0.3) is 5.69 Å².